The molecule has 0 unspecified atom stereocenters. The van der Waals surface area contributed by atoms with E-state index in [4.69, 9.17) is 20.2 Å². The van der Waals surface area contributed by atoms with Gasteiger partial charge in [-0.15, -0.1) is 0 Å². The van der Waals surface area contributed by atoms with Crippen molar-refractivity contribution < 1.29 is 60.7 Å². The van der Waals surface area contributed by atoms with Gasteiger partial charge >= 0.3 is 32.4 Å². The average Bonchev–Trinajstić information content (AvgIpc) is 0.849. The number of nitrogens with zero attached hydrogens (tertiary/aromatic N) is 2. The number of phenolic OH excluding ortho intramolecular Hbond substituents is 2. The number of unbranched alkanes of at least 4 members (excludes halogenated alkanes) is 32. The molecule has 0 fully saturated rings. The summed E-state index contributed by atoms with van der Waals surface area (Å²) in [6.45, 7) is 16.7. The number of carboxylic acids is 2. The Morgan fingerprint density at radius 1 is 0.344 bits per heavy atom. The Bertz CT molecular complexity index is 2530. The Hall–Kier alpha value is -4.98. The number of aromatic carboxylic acids is 2. The van der Waals surface area contributed by atoms with Crippen LogP contribution in [0.15, 0.2) is 70.6 Å². The van der Waals surface area contributed by atoms with Crippen LogP contribution in [0.25, 0.3) is 0 Å². The average molecular weight is 1380 g/mol. The maximum Gasteiger partial charge on any atom is 2.00 e. The number of rotatable bonds is 51. The van der Waals surface area contributed by atoms with Crippen LogP contribution in [0.5, 0.6) is 23.0 Å². The van der Waals surface area contributed by atoms with Crippen LogP contribution < -0.4 is 10.2 Å². The number of aromatic hydroxyl groups is 2. The van der Waals surface area contributed by atoms with Gasteiger partial charge in [0.2, 0.25) is 0 Å². The third-order valence-corrected chi connectivity index (χ3v) is 18.0. The Morgan fingerprint density at radius 3 is 0.860 bits per heavy atom. The standard InChI is InChI=1S/C58H100N2.2C12H16O4.Pd/c1-5-9-13-16-19-21-23-25-27-29-31-33-35-38-41-53-45-49-55(50-46-53)59-57(43-12-8-4)58(44-40-37-18-15-11-7-3)60-56-51-47-54(48-52-56)42-39-36-34-32-30-28-26-24-22-20-17-14-10-6-2;2*1-3-5-7-6-9(13)11(14)10(12(15)16)8(7)4-2;/h45-52H,5-44H2,1-4H3;2*6,13-14H,3-5H2,1-2H3,(H,15,16);/q;;;+2/p-2. The van der Waals surface area contributed by atoms with E-state index < -0.39 is 34.9 Å². The molecule has 0 radical (unpaired) electrons. The molecule has 0 bridgehead atoms. The van der Waals surface area contributed by atoms with Gasteiger partial charge in [-0.2, -0.15) is 0 Å². The molecule has 0 aromatic heterocycles. The Kier molecular flexibility index (Phi) is 52.0. The second kappa shape index (κ2) is 56.2. The minimum Gasteiger partial charge on any atom is -0.869 e. The fourth-order valence-corrected chi connectivity index (χ4v) is 12.5. The largest absolute Gasteiger partial charge is 2.00 e. The van der Waals surface area contributed by atoms with Gasteiger partial charge in [0.1, 0.15) is 11.5 Å². The van der Waals surface area contributed by atoms with Crippen molar-refractivity contribution >= 4 is 34.7 Å². The van der Waals surface area contributed by atoms with Gasteiger partial charge in [-0.05, 0) is 147 Å². The Labute approximate surface area is 580 Å². The van der Waals surface area contributed by atoms with Gasteiger partial charge in [0.25, 0.3) is 0 Å². The SMILES string of the molecule is CCCCCCCCCCCCCCCCc1ccc(N=C(CCCC)C(CCCCCCCC)=Nc2ccc(CCCCCCCCCCCCCCCC)cc2)cc1.CCCc1cc(O)c([O-])c(C(=O)O)c1CC.CCCc1cc(O)c([O-])c(C(=O)O)c1CC.[Pd+2]. The maximum absolute atomic E-state index is 11.5. The van der Waals surface area contributed by atoms with Crippen LogP contribution in [-0.2, 0) is 58.9 Å². The van der Waals surface area contributed by atoms with Crippen LogP contribution in [0.4, 0.5) is 11.4 Å². The molecule has 0 spiro atoms. The normalized spacial score (nSPS) is 11.4. The van der Waals surface area contributed by atoms with Crippen LogP contribution in [0, 0.1) is 0 Å². The number of phenols is 2. The number of carbonyl (C=O) groups is 2. The van der Waals surface area contributed by atoms with Crippen LogP contribution >= 0.6 is 0 Å². The van der Waals surface area contributed by atoms with Gasteiger partial charge in [0.05, 0.1) is 33.9 Å². The van der Waals surface area contributed by atoms with Crippen molar-refractivity contribution in [2.24, 2.45) is 9.98 Å². The fourth-order valence-electron chi connectivity index (χ4n) is 12.5. The molecule has 0 aliphatic rings. The van der Waals surface area contributed by atoms with Crippen molar-refractivity contribution in [2.75, 3.05) is 0 Å². The van der Waals surface area contributed by atoms with Crippen LogP contribution in [0.1, 0.15) is 366 Å². The first-order valence-corrected chi connectivity index (χ1v) is 37.6. The molecule has 0 aliphatic heterocycles. The van der Waals surface area contributed by atoms with Crippen LogP contribution in [0.2, 0.25) is 0 Å². The van der Waals surface area contributed by atoms with E-state index in [2.05, 4.69) is 76.2 Å². The predicted octanol–water partition coefficient (Wildman–Crippen LogP) is 23.9. The molecule has 4 N–H and O–H groups in total. The topological polar surface area (TPSA) is 186 Å². The predicted molar refractivity (Wildman–Crippen MR) is 388 cm³/mol. The molecule has 11 heteroatoms. The fraction of sp³-hybridized carbons (Fsp3) is 0.659. The molecule has 0 amide bonds. The molecule has 526 valence electrons. The minimum absolute atomic E-state index is 0. The summed E-state index contributed by atoms with van der Waals surface area (Å²) in [5.41, 5.74) is 9.52. The third kappa shape index (κ3) is 37.8. The molecular formula is C82H130N2O8Pd. The van der Waals surface area contributed by atoms with E-state index in [1.165, 1.54) is 272 Å². The number of benzene rings is 4. The number of aryl methyl sites for hydroxylation is 4. The number of hydrogen-bond acceptors (Lipinski definition) is 8. The first kappa shape index (κ1) is 86.0. The van der Waals surface area contributed by atoms with Gasteiger partial charge in [-0.1, -0.05) is 309 Å². The Morgan fingerprint density at radius 2 is 0.602 bits per heavy atom. The zero-order chi connectivity index (χ0) is 67.4. The quantitative estimate of drug-likeness (QED) is 0.0191. The van der Waals surface area contributed by atoms with E-state index in [1.807, 2.05) is 13.8 Å². The first-order chi connectivity index (χ1) is 44.7. The summed E-state index contributed by atoms with van der Waals surface area (Å²) in [4.78, 5) is 32.7. The van der Waals surface area contributed by atoms with Crippen LogP contribution in [-0.4, -0.2) is 43.8 Å². The van der Waals surface area contributed by atoms with Gasteiger partial charge in [-0.3, -0.25) is 9.98 Å². The molecule has 0 heterocycles. The zero-order valence-electron chi connectivity index (χ0n) is 59.9. The van der Waals surface area contributed by atoms with Crippen molar-refractivity contribution in [3.05, 3.63) is 105 Å². The van der Waals surface area contributed by atoms with E-state index in [-0.39, 0.29) is 31.5 Å². The molecule has 4 aromatic carbocycles. The third-order valence-electron chi connectivity index (χ3n) is 18.0. The number of aliphatic imine (C=N–C) groups is 2. The summed E-state index contributed by atoms with van der Waals surface area (Å²) in [5.74, 6) is -5.06. The smallest absolute Gasteiger partial charge is 0.869 e. The van der Waals surface area contributed by atoms with E-state index >= 15 is 0 Å². The molecule has 0 saturated heterocycles. The van der Waals surface area contributed by atoms with Gasteiger partial charge in [0.15, 0.2) is 0 Å². The first-order valence-electron chi connectivity index (χ1n) is 37.6. The van der Waals surface area contributed by atoms with E-state index in [0.29, 0.717) is 36.8 Å². The van der Waals surface area contributed by atoms with E-state index in [0.717, 1.165) is 54.6 Å². The summed E-state index contributed by atoms with van der Waals surface area (Å²) in [5, 5.41) is 59.8. The van der Waals surface area contributed by atoms with Crippen molar-refractivity contribution in [3.63, 3.8) is 0 Å². The van der Waals surface area contributed by atoms with Gasteiger partial charge < -0.3 is 30.6 Å². The monoisotopic (exact) mass is 1380 g/mol. The van der Waals surface area contributed by atoms with Gasteiger partial charge in [0, 0.05) is 0 Å². The van der Waals surface area contributed by atoms with Gasteiger partial charge in [-0.25, -0.2) is 9.59 Å². The Balaban J connectivity index is 0.00000105. The molecule has 93 heavy (non-hydrogen) atoms. The molecule has 0 aliphatic carbocycles. The molecule has 10 nitrogen and oxygen atoms in total. The molecule has 4 aromatic rings. The molecular weight excluding hydrogens is 1250 g/mol. The summed E-state index contributed by atoms with van der Waals surface area (Å²) in [6, 6.07) is 21.2. The summed E-state index contributed by atoms with van der Waals surface area (Å²) < 4.78 is 0. The van der Waals surface area contributed by atoms with E-state index in [9.17, 15) is 30.0 Å². The molecule has 4 rings (SSSR count). The summed E-state index contributed by atoms with van der Waals surface area (Å²) in [7, 11) is 0. The molecule has 0 atom stereocenters. The molecule has 0 saturated carbocycles. The summed E-state index contributed by atoms with van der Waals surface area (Å²) in [6.07, 6.45) is 58.1. The second-order valence-corrected chi connectivity index (χ2v) is 26.1. The van der Waals surface area contributed by atoms with E-state index in [1.54, 1.807) is 13.8 Å². The number of hydrogen-bond donors (Lipinski definition) is 4. The second-order valence-electron chi connectivity index (χ2n) is 26.1. The summed E-state index contributed by atoms with van der Waals surface area (Å²) >= 11 is 0. The van der Waals surface area contributed by atoms with Crippen molar-refractivity contribution in [1.82, 2.24) is 0 Å². The van der Waals surface area contributed by atoms with Crippen LogP contribution in [0.3, 0.4) is 0 Å². The number of carboxylic acid groups (broad SMARTS) is 2. The van der Waals surface area contributed by atoms with Crippen molar-refractivity contribution in [2.45, 2.75) is 351 Å². The minimum atomic E-state index is -1.27. The maximum atomic E-state index is 11.5. The zero-order valence-corrected chi connectivity index (χ0v) is 61.5. The van der Waals surface area contributed by atoms with Crippen molar-refractivity contribution in [1.29, 1.82) is 0 Å². The van der Waals surface area contributed by atoms with Crippen molar-refractivity contribution in [3.8, 4) is 23.0 Å².